The number of rotatable bonds is 4. The normalized spacial score (nSPS) is 18.0. The van der Waals surface area contributed by atoms with Crippen molar-refractivity contribution in [1.29, 1.82) is 0 Å². The van der Waals surface area contributed by atoms with Gasteiger partial charge in [0.1, 0.15) is 0 Å². The fourth-order valence-corrected chi connectivity index (χ4v) is 7.95. The molecular formula is C40H42IrNO2-. The van der Waals surface area contributed by atoms with E-state index in [1.807, 2.05) is 6.20 Å². The van der Waals surface area contributed by atoms with Crippen LogP contribution in [0.4, 0.5) is 0 Å². The Hall–Kier alpha value is -3.07. The van der Waals surface area contributed by atoms with Gasteiger partial charge in [-0.05, 0) is 85.0 Å². The van der Waals surface area contributed by atoms with Gasteiger partial charge in [0.05, 0.1) is 5.76 Å². The number of aryl methyl sites for hydroxylation is 4. The van der Waals surface area contributed by atoms with Crippen molar-refractivity contribution >= 4 is 16.6 Å². The summed E-state index contributed by atoms with van der Waals surface area (Å²) in [6.07, 6.45) is 19.4. The van der Waals surface area contributed by atoms with Crippen molar-refractivity contribution in [3.8, 4) is 22.4 Å². The fraction of sp³-hybridized carbons (Fsp3) is 0.400. The molecule has 0 aliphatic heterocycles. The molecule has 1 aromatic heterocycles. The first-order valence-electron chi connectivity index (χ1n) is 16.6. The molecule has 2 saturated carbocycles. The van der Waals surface area contributed by atoms with Crippen LogP contribution in [0.1, 0.15) is 86.5 Å². The zero-order valence-corrected chi connectivity index (χ0v) is 27.9. The van der Waals surface area contributed by atoms with E-state index in [0.717, 1.165) is 62.6 Å². The second kappa shape index (κ2) is 13.9. The molecule has 1 heterocycles. The number of hydrogen-bond donors (Lipinski definition) is 1. The van der Waals surface area contributed by atoms with Gasteiger partial charge in [-0.1, -0.05) is 92.1 Å². The summed E-state index contributed by atoms with van der Waals surface area (Å²) < 4.78 is 0. The minimum absolute atomic E-state index is 0. The number of allylic oxidation sites excluding steroid dienone is 2. The van der Waals surface area contributed by atoms with Crippen LogP contribution in [0.3, 0.4) is 0 Å². The largest absolute Gasteiger partial charge is 0.512 e. The summed E-state index contributed by atoms with van der Waals surface area (Å²) in [6.45, 7) is 0. The van der Waals surface area contributed by atoms with E-state index in [0.29, 0.717) is 5.76 Å². The Morgan fingerprint density at radius 3 is 2.16 bits per heavy atom. The van der Waals surface area contributed by atoms with Crippen molar-refractivity contribution in [2.75, 3.05) is 0 Å². The number of pyridine rings is 1. The Morgan fingerprint density at radius 2 is 1.41 bits per heavy atom. The van der Waals surface area contributed by atoms with Gasteiger partial charge in [0.2, 0.25) is 0 Å². The molecule has 0 unspecified atom stereocenters. The molecule has 4 heteroatoms. The SMILES string of the molecule is O=C(/C=C(\O)C1CCCCC1)C1CCCCC1.[Ir].[c-]1c(-c2nccc3ccccc23)cc2c3c1CCc1cccc(c1-3)CC2. The molecule has 3 aromatic carbocycles. The average Bonchev–Trinajstić information content (AvgIpc) is 3.08. The molecule has 3 nitrogen and oxygen atoms in total. The van der Waals surface area contributed by atoms with Crippen LogP contribution in [0.5, 0.6) is 0 Å². The van der Waals surface area contributed by atoms with E-state index in [9.17, 15) is 9.90 Å². The number of carbonyl (C=O) groups is 1. The van der Waals surface area contributed by atoms with Crippen LogP contribution in [0.25, 0.3) is 33.2 Å². The van der Waals surface area contributed by atoms with E-state index in [2.05, 4.69) is 60.7 Å². The summed E-state index contributed by atoms with van der Waals surface area (Å²) in [5.41, 5.74) is 11.1. The molecule has 44 heavy (non-hydrogen) atoms. The van der Waals surface area contributed by atoms with Crippen LogP contribution in [0.15, 0.2) is 72.6 Å². The third kappa shape index (κ3) is 6.35. The molecule has 1 N–H and O–H groups in total. The number of aliphatic hydroxyl groups is 1. The Labute approximate surface area is 275 Å². The molecule has 4 aliphatic carbocycles. The van der Waals surface area contributed by atoms with Crippen LogP contribution >= 0.6 is 0 Å². The number of ketones is 1. The number of aromatic nitrogens is 1. The summed E-state index contributed by atoms with van der Waals surface area (Å²) >= 11 is 0. The molecule has 0 saturated heterocycles. The molecule has 1 radical (unpaired) electrons. The number of fused-ring (bicyclic) bond motifs is 1. The second-order valence-corrected chi connectivity index (χ2v) is 13.0. The number of hydrogen-bond acceptors (Lipinski definition) is 3. The first-order chi connectivity index (χ1) is 21.2. The molecule has 0 atom stereocenters. The first kappa shape index (κ1) is 30.9. The van der Waals surface area contributed by atoms with Crippen LogP contribution in [0, 0.1) is 17.9 Å². The van der Waals surface area contributed by atoms with Gasteiger partial charge in [0.25, 0.3) is 0 Å². The number of benzene rings is 3. The Balaban J connectivity index is 0.000000167. The van der Waals surface area contributed by atoms with Gasteiger partial charge in [0, 0.05) is 44.2 Å². The molecule has 0 bridgehead atoms. The van der Waals surface area contributed by atoms with E-state index < -0.39 is 0 Å². The third-order valence-electron chi connectivity index (χ3n) is 10.3. The van der Waals surface area contributed by atoms with Crippen molar-refractivity contribution < 1.29 is 30.0 Å². The maximum Gasteiger partial charge on any atom is 0.162 e. The van der Waals surface area contributed by atoms with Crippen molar-refractivity contribution in [1.82, 2.24) is 4.98 Å². The maximum atomic E-state index is 12.0. The zero-order valence-electron chi connectivity index (χ0n) is 25.5. The molecule has 0 amide bonds. The van der Waals surface area contributed by atoms with Crippen LogP contribution in [-0.2, 0) is 50.6 Å². The average molecular weight is 761 g/mol. The quantitative estimate of drug-likeness (QED) is 0.128. The topological polar surface area (TPSA) is 50.2 Å². The van der Waals surface area contributed by atoms with Gasteiger partial charge in [-0.15, -0.1) is 28.8 Å². The Morgan fingerprint density at radius 1 is 0.750 bits per heavy atom. The van der Waals surface area contributed by atoms with Gasteiger partial charge in [0.15, 0.2) is 5.78 Å². The summed E-state index contributed by atoms with van der Waals surface area (Å²) in [5, 5.41) is 12.5. The van der Waals surface area contributed by atoms with Crippen molar-refractivity contribution in [2.45, 2.75) is 89.9 Å². The zero-order chi connectivity index (χ0) is 29.2. The maximum absolute atomic E-state index is 12.0. The molecular weight excluding hydrogens is 719 g/mol. The van der Waals surface area contributed by atoms with E-state index in [1.165, 1.54) is 82.7 Å². The molecule has 4 aromatic rings. The van der Waals surface area contributed by atoms with E-state index >= 15 is 0 Å². The van der Waals surface area contributed by atoms with Gasteiger partial charge in [-0.2, -0.15) is 0 Å². The van der Waals surface area contributed by atoms with Crippen molar-refractivity contribution in [3.63, 3.8) is 0 Å². The van der Waals surface area contributed by atoms with E-state index in [-0.39, 0.29) is 37.7 Å². The van der Waals surface area contributed by atoms with Gasteiger partial charge in [-0.25, -0.2) is 0 Å². The predicted molar refractivity (Wildman–Crippen MR) is 175 cm³/mol. The monoisotopic (exact) mass is 761 g/mol. The smallest absolute Gasteiger partial charge is 0.162 e. The van der Waals surface area contributed by atoms with Gasteiger partial charge < -0.3 is 10.1 Å². The minimum atomic E-state index is 0. The number of carbonyl (C=O) groups excluding carboxylic acids is 1. The second-order valence-electron chi connectivity index (χ2n) is 13.0. The molecule has 229 valence electrons. The Bertz CT molecular complexity index is 1620. The molecule has 4 aliphatic rings. The minimum Gasteiger partial charge on any atom is -0.512 e. The van der Waals surface area contributed by atoms with Crippen LogP contribution < -0.4 is 0 Å². The Kier molecular flexibility index (Phi) is 9.79. The van der Waals surface area contributed by atoms with E-state index in [1.54, 1.807) is 6.08 Å². The number of nitrogens with zero attached hydrogens (tertiary/aromatic N) is 1. The standard InChI is InChI=1S/C25H18N.C15H24O2.Ir/c1-2-7-22-16(4-1)12-13-26-25(22)21-14-19-10-8-17-5-3-6-18-9-11-20(15-21)24(19)23(17)18;16-14(12-7-3-1-4-8-12)11-15(17)13-9-5-2-6-10-13;/h1-7,12-14H,8-11H2;11-13,16H,1-10H2;/q-1;;/b;14-11-;. The van der Waals surface area contributed by atoms with E-state index in [4.69, 9.17) is 4.98 Å². The van der Waals surface area contributed by atoms with Crippen molar-refractivity contribution in [2.24, 2.45) is 11.8 Å². The van der Waals surface area contributed by atoms with Gasteiger partial charge in [-0.3, -0.25) is 4.79 Å². The molecule has 0 spiro atoms. The fourth-order valence-electron chi connectivity index (χ4n) is 7.95. The summed E-state index contributed by atoms with van der Waals surface area (Å²) in [4.78, 5) is 16.7. The third-order valence-corrected chi connectivity index (χ3v) is 10.3. The van der Waals surface area contributed by atoms with Gasteiger partial charge >= 0.3 is 0 Å². The summed E-state index contributed by atoms with van der Waals surface area (Å²) in [7, 11) is 0. The number of aliphatic hydroxyl groups excluding tert-OH is 1. The van der Waals surface area contributed by atoms with Crippen LogP contribution in [0.2, 0.25) is 0 Å². The summed E-state index contributed by atoms with van der Waals surface area (Å²) in [5.74, 6) is 0.985. The molecule has 8 rings (SSSR count). The molecule has 2 fully saturated rings. The van der Waals surface area contributed by atoms with Crippen molar-refractivity contribution in [3.05, 3.63) is 101 Å². The summed E-state index contributed by atoms with van der Waals surface area (Å²) in [6, 6.07) is 23.5. The van der Waals surface area contributed by atoms with Crippen LogP contribution in [-0.4, -0.2) is 15.9 Å². The predicted octanol–water partition coefficient (Wildman–Crippen LogP) is 9.72. The first-order valence-corrected chi connectivity index (χ1v) is 16.6.